The van der Waals surface area contributed by atoms with Gasteiger partial charge < -0.3 is 0 Å². The highest BCUT2D eigenvalue weighted by Crippen LogP contribution is 2.23. The Balaban J connectivity index is 2.91. The zero-order chi connectivity index (χ0) is 14.7. The van der Waals surface area contributed by atoms with Crippen LogP contribution in [0.15, 0.2) is 29.2 Å². The Kier molecular flexibility index (Phi) is 5.16. The number of hydrogen-bond donors (Lipinski definition) is 1. The highest BCUT2D eigenvalue weighted by molar-refractivity contribution is 7.89. The average molecular weight is 283 g/mol. The molecule has 0 radical (unpaired) electrons. The van der Waals surface area contributed by atoms with E-state index in [1.165, 1.54) is 0 Å². The molecule has 0 unspecified atom stereocenters. The van der Waals surface area contributed by atoms with Gasteiger partial charge in [0.15, 0.2) is 0 Å². The van der Waals surface area contributed by atoms with Crippen molar-refractivity contribution in [3.63, 3.8) is 0 Å². The summed E-state index contributed by atoms with van der Waals surface area (Å²) in [5, 5.41) is 0. The van der Waals surface area contributed by atoms with Crippen LogP contribution in [-0.4, -0.2) is 14.5 Å². The Hall–Kier alpha value is -0.870. The van der Waals surface area contributed by atoms with Crippen LogP contribution in [0.25, 0.3) is 0 Å². The molecule has 0 bridgehead atoms. The molecule has 0 aliphatic carbocycles. The van der Waals surface area contributed by atoms with Crippen molar-refractivity contribution in [3.8, 4) is 0 Å². The number of hydrogen-bond acceptors (Lipinski definition) is 2. The largest absolute Gasteiger partial charge is 0.240 e. The molecule has 4 heteroatoms. The van der Waals surface area contributed by atoms with Crippen molar-refractivity contribution in [2.75, 3.05) is 0 Å². The summed E-state index contributed by atoms with van der Waals surface area (Å²) in [4.78, 5) is 0.337. The molecule has 0 heterocycles. The van der Waals surface area contributed by atoms with E-state index in [4.69, 9.17) is 0 Å². The summed E-state index contributed by atoms with van der Waals surface area (Å²) in [7, 11) is -3.39. The van der Waals surface area contributed by atoms with Crippen LogP contribution in [0.4, 0.5) is 0 Å². The van der Waals surface area contributed by atoms with Crippen molar-refractivity contribution in [2.45, 2.75) is 63.8 Å². The lowest BCUT2D eigenvalue weighted by Crippen LogP contribution is -2.32. The van der Waals surface area contributed by atoms with Gasteiger partial charge in [-0.25, -0.2) is 13.1 Å². The lowest BCUT2D eigenvalue weighted by atomic mass is 9.87. The van der Waals surface area contributed by atoms with E-state index in [9.17, 15) is 8.42 Å². The molecular weight excluding hydrogens is 258 g/mol. The number of sulfonamides is 1. The fourth-order valence-corrected chi connectivity index (χ4v) is 3.24. The van der Waals surface area contributed by atoms with Crippen molar-refractivity contribution >= 4 is 10.0 Å². The highest BCUT2D eigenvalue weighted by Gasteiger charge is 2.19. The minimum Gasteiger partial charge on any atom is -0.208 e. The monoisotopic (exact) mass is 283 g/mol. The summed E-state index contributed by atoms with van der Waals surface area (Å²) in [6, 6.07) is 7.11. The first-order chi connectivity index (χ1) is 8.66. The molecule has 0 aliphatic rings. The zero-order valence-electron chi connectivity index (χ0n) is 12.5. The van der Waals surface area contributed by atoms with Gasteiger partial charge >= 0.3 is 0 Å². The molecule has 0 aromatic heterocycles. The van der Waals surface area contributed by atoms with Gasteiger partial charge in [-0.05, 0) is 36.5 Å². The van der Waals surface area contributed by atoms with Gasteiger partial charge in [0.2, 0.25) is 10.0 Å². The van der Waals surface area contributed by atoms with E-state index in [0.29, 0.717) is 4.90 Å². The fraction of sp³-hybridized carbons (Fsp3) is 0.600. The van der Waals surface area contributed by atoms with E-state index in [2.05, 4.69) is 25.5 Å². The topological polar surface area (TPSA) is 46.2 Å². The van der Waals surface area contributed by atoms with E-state index in [1.807, 2.05) is 26.0 Å². The van der Waals surface area contributed by atoms with E-state index in [-0.39, 0.29) is 11.5 Å². The van der Waals surface area contributed by atoms with Crippen molar-refractivity contribution < 1.29 is 8.42 Å². The maximum Gasteiger partial charge on any atom is 0.240 e. The van der Waals surface area contributed by atoms with Crippen LogP contribution < -0.4 is 4.72 Å². The SMILES string of the molecule is CCC[C@H](C)NS(=O)(=O)c1ccc(C(C)(C)C)cc1. The van der Waals surface area contributed by atoms with Crippen LogP contribution in [0, 0.1) is 0 Å². The molecule has 1 N–H and O–H groups in total. The summed E-state index contributed by atoms with van der Waals surface area (Å²) in [5.41, 5.74) is 1.17. The molecule has 1 atom stereocenters. The van der Waals surface area contributed by atoms with Gasteiger partial charge in [0.25, 0.3) is 0 Å². The lowest BCUT2D eigenvalue weighted by Gasteiger charge is -2.19. The van der Waals surface area contributed by atoms with Gasteiger partial charge in [-0.2, -0.15) is 0 Å². The van der Waals surface area contributed by atoms with Crippen LogP contribution in [0.1, 0.15) is 53.0 Å². The number of benzene rings is 1. The van der Waals surface area contributed by atoms with Crippen LogP contribution in [-0.2, 0) is 15.4 Å². The van der Waals surface area contributed by atoms with Gasteiger partial charge in [-0.15, -0.1) is 0 Å². The van der Waals surface area contributed by atoms with E-state index in [1.54, 1.807) is 12.1 Å². The van der Waals surface area contributed by atoms with E-state index in [0.717, 1.165) is 18.4 Å². The summed E-state index contributed by atoms with van der Waals surface area (Å²) in [6.07, 6.45) is 1.81. The molecule has 1 rings (SSSR count). The van der Waals surface area contributed by atoms with Gasteiger partial charge in [-0.1, -0.05) is 46.2 Å². The standard InChI is InChI=1S/C15H25NO2S/c1-6-7-12(2)16-19(17,18)14-10-8-13(9-11-14)15(3,4)5/h8-12,16H,6-7H2,1-5H3/t12-/m0/s1. The fourth-order valence-electron chi connectivity index (χ4n) is 1.96. The number of nitrogens with one attached hydrogen (secondary N) is 1. The van der Waals surface area contributed by atoms with Crippen LogP contribution in [0.3, 0.4) is 0 Å². The first kappa shape index (κ1) is 16.2. The van der Waals surface area contributed by atoms with Gasteiger partial charge in [0, 0.05) is 6.04 Å². The Morgan fingerprint density at radius 2 is 1.68 bits per heavy atom. The van der Waals surface area contributed by atoms with Crippen LogP contribution in [0.5, 0.6) is 0 Å². The van der Waals surface area contributed by atoms with Crippen LogP contribution >= 0.6 is 0 Å². The third kappa shape index (κ3) is 4.62. The third-order valence-corrected chi connectivity index (χ3v) is 4.71. The van der Waals surface area contributed by atoms with Crippen molar-refractivity contribution in [1.29, 1.82) is 0 Å². The third-order valence-electron chi connectivity index (χ3n) is 3.11. The zero-order valence-corrected chi connectivity index (χ0v) is 13.3. The Labute approximate surface area is 117 Å². The summed E-state index contributed by atoms with van der Waals surface area (Å²) < 4.78 is 27.0. The van der Waals surface area contributed by atoms with E-state index >= 15 is 0 Å². The van der Waals surface area contributed by atoms with Crippen LogP contribution in [0.2, 0.25) is 0 Å². The second-order valence-electron chi connectivity index (χ2n) is 6.09. The maximum atomic E-state index is 12.2. The molecule has 0 saturated carbocycles. The molecule has 1 aromatic rings. The molecular formula is C15H25NO2S. The first-order valence-electron chi connectivity index (χ1n) is 6.79. The molecule has 1 aromatic carbocycles. The second kappa shape index (κ2) is 6.06. The normalized spacial score (nSPS) is 14.4. The highest BCUT2D eigenvalue weighted by atomic mass is 32.2. The van der Waals surface area contributed by atoms with Crippen molar-refractivity contribution in [3.05, 3.63) is 29.8 Å². The predicted molar refractivity (Wildman–Crippen MR) is 79.8 cm³/mol. The Morgan fingerprint density at radius 1 is 1.16 bits per heavy atom. The molecule has 3 nitrogen and oxygen atoms in total. The molecule has 0 spiro atoms. The predicted octanol–water partition coefficient (Wildman–Crippen LogP) is 3.45. The Bertz CT molecular complexity index is 498. The van der Waals surface area contributed by atoms with Crippen molar-refractivity contribution in [2.24, 2.45) is 0 Å². The maximum absolute atomic E-state index is 12.2. The van der Waals surface area contributed by atoms with Gasteiger partial charge in [0.05, 0.1) is 4.90 Å². The van der Waals surface area contributed by atoms with Gasteiger partial charge in [0.1, 0.15) is 0 Å². The summed E-state index contributed by atoms with van der Waals surface area (Å²) in [5.74, 6) is 0. The van der Waals surface area contributed by atoms with Crippen molar-refractivity contribution in [1.82, 2.24) is 4.72 Å². The minimum atomic E-state index is -3.39. The summed E-state index contributed by atoms with van der Waals surface area (Å²) in [6.45, 7) is 10.3. The second-order valence-corrected chi connectivity index (χ2v) is 7.80. The number of rotatable bonds is 5. The molecule has 0 amide bonds. The van der Waals surface area contributed by atoms with E-state index < -0.39 is 10.0 Å². The lowest BCUT2D eigenvalue weighted by molar-refractivity contribution is 0.543. The Morgan fingerprint density at radius 3 is 2.11 bits per heavy atom. The summed E-state index contributed by atoms with van der Waals surface area (Å²) >= 11 is 0. The minimum absolute atomic E-state index is 0.0303. The molecule has 0 aliphatic heterocycles. The molecule has 0 saturated heterocycles. The first-order valence-corrected chi connectivity index (χ1v) is 8.28. The quantitative estimate of drug-likeness (QED) is 0.899. The molecule has 108 valence electrons. The molecule has 0 fully saturated rings. The molecule has 19 heavy (non-hydrogen) atoms. The smallest absolute Gasteiger partial charge is 0.208 e. The van der Waals surface area contributed by atoms with Gasteiger partial charge in [-0.3, -0.25) is 0 Å². The average Bonchev–Trinajstić information content (AvgIpc) is 2.27.